The van der Waals surface area contributed by atoms with Crippen LogP contribution >= 0.6 is 0 Å². The second kappa shape index (κ2) is 9.00. The van der Waals surface area contributed by atoms with E-state index in [2.05, 4.69) is 85.8 Å². The third kappa shape index (κ3) is 5.44. The van der Waals surface area contributed by atoms with Gasteiger partial charge in [0.15, 0.2) is 0 Å². The molecule has 1 N–H and O–H groups in total. The summed E-state index contributed by atoms with van der Waals surface area (Å²) in [4.78, 5) is 11.2. The predicted molar refractivity (Wildman–Crippen MR) is 105 cm³/mol. The van der Waals surface area contributed by atoms with E-state index in [1.807, 2.05) is 0 Å². The van der Waals surface area contributed by atoms with Crippen molar-refractivity contribution >= 4 is 23.7 Å². The highest BCUT2D eigenvalue weighted by molar-refractivity contribution is 5.93. The molecule has 1 aliphatic carbocycles. The second-order valence-electron chi connectivity index (χ2n) is 6.24. The molecule has 0 unspecified atom stereocenters. The lowest BCUT2D eigenvalue weighted by Gasteiger charge is -2.13. The fourth-order valence-electron chi connectivity index (χ4n) is 2.79. The van der Waals surface area contributed by atoms with E-state index in [1.54, 1.807) is 0 Å². The fraction of sp³-hybridized carbons (Fsp3) is 0.227. The highest BCUT2D eigenvalue weighted by Gasteiger charge is 2.13. The first-order chi connectivity index (χ1) is 12.0. The Balaban J connectivity index is 0.000000511. The van der Waals surface area contributed by atoms with Gasteiger partial charge in [0.05, 0.1) is 0 Å². The van der Waals surface area contributed by atoms with Crippen molar-refractivity contribution < 1.29 is 9.90 Å². The molecule has 0 spiro atoms. The monoisotopic (exact) mass is 335 g/mol. The van der Waals surface area contributed by atoms with Crippen LogP contribution in [0.25, 0.3) is 17.7 Å². The lowest BCUT2D eigenvalue weighted by atomic mass is 9.93. The molecule has 3 rings (SSSR count). The van der Waals surface area contributed by atoms with Gasteiger partial charge in [0.25, 0.3) is 5.97 Å². The molecule has 130 valence electrons. The van der Waals surface area contributed by atoms with Gasteiger partial charge < -0.3 is 10.0 Å². The van der Waals surface area contributed by atoms with Crippen LogP contribution in [0.3, 0.4) is 0 Å². The topological polar surface area (TPSA) is 40.5 Å². The van der Waals surface area contributed by atoms with Gasteiger partial charge in [0.1, 0.15) is 0 Å². The van der Waals surface area contributed by atoms with Gasteiger partial charge in [-0.2, -0.15) is 0 Å². The summed E-state index contributed by atoms with van der Waals surface area (Å²) < 4.78 is 0. The molecule has 0 atom stereocenters. The number of rotatable bonds is 3. The minimum absolute atomic E-state index is 0.833. The molecule has 0 amide bonds. The van der Waals surface area contributed by atoms with Gasteiger partial charge >= 0.3 is 0 Å². The van der Waals surface area contributed by atoms with Crippen molar-refractivity contribution in [3.8, 4) is 0 Å². The van der Waals surface area contributed by atoms with Crippen LogP contribution in [0.15, 0.2) is 54.6 Å². The summed E-state index contributed by atoms with van der Waals surface area (Å²) >= 11 is 0. The van der Waals surface area contributed by atoms with Crippen LogP contribution in [0, 0.1) is 0 Å². The Kier molecular flexibility index (Phi) is 6.72. The first-order valence-corrected chi connectivity index (χ1v) is 8.40. The molecule has 0 radical (unpaired) electrons. The molecule has 3 heteroatoms. The number of fused-ring (bicyclic) bond motifs is 2. The van der Waals surface area contributed by atoms with Crippen molar-refractivity contribution in [2.45, 2.75) is 13.3 Å². The van der Waals surface area contributed by atoms with Crippen LogP contribution in [-0.4, -0.2) is 36.6 Å². The molecule has 0 heterocycles. The van der Waals surface area contributed by atoms with E-state index in [0.717, 1.165) is 19.9 Å². The Labute approximate surface area is 149 Å². The molecule has 3 nitrogen and oxygen atoms in total. The number of carboxylic acids is 1. The molecule has 2 aromatic carbocycles. The third-order valence-electron chi connectivity index (χ3n) is 3.87. The summed E-state index contributed by atoms with van der Waals surface area (Å²) in [7, 11) is 4.24. The van der Waals surface area contributed by atoms with E-state index in [0.29, 0.717) is 0 Å². The molecular formula is C22H25NO2. The standard InChI is InChI=1S/C20H21N.C2H4O2/c1-21(2)15-7-12-20-18-10-5-3-8-16(18)13-14-17-9-4-6-11-19(17)20;1-2(3)4/h3-6,8-14H,7,15H2,1-2H3;1H3,(H,3,4). The highest BCUT2D eigenvalue weighted by atomic mass is 16.4. The largest absolute Gasteiger partial charge is 0.481 e. The van der Waals surface area contributed by atoms with Crippen LogP contribution in [0.4, 0.5) is 0 Å². The van der Waals surface area contributed by atoms with Gasteiger partial charge in [-0.1, -0.05) is 66.8 Å². The average molecular weight is 335 g/mol. The van der Waals surface area contributed by atoms with Gasteiger partial charge in [-0.05, 0) is 48.3 Å². The van der Waals surface area contributed by atoms with Crippen LogP contribution in [0.5, 0.6) is 0 Å². The minimum atomic E-state index is -0.833. The quantitative estimate of drug-likeness (QED) is 0.758. The van der Waals surface area contributed by atoms with E-state index in [4.69, 9.17) is 9.90 Å². The summed E-state index contributed by atoms with van der Waals surface area (Å²) in [5, 5.41) is 7.42. The number of aliphatic carboxylic acids is 1. The van der Waals surface area contributed by atoms with Gasteiger partial charge in [-0.3, -0.25) is 4.79 Å². The van der Waals surface area contributed by atoms with Crippen molar-refractivity contribution in [3.05, 3.63) is 76.9 Å². The van der Waals surface area contributed by atoms with Crippen molar-refractivity contribution in [1.29, 1.82) is 0 Å². The minimum Gasteiger partial charge on any atom is -0.481 e. The highest BCUT2D eigenvalue weighted by Crippen LogP contribution is 2.33. The van der Waals surface area contributed by atoms with E-state index < -0.39 is 5.97 Å². The van der Waals surface area contributed by atoms with Gasteiger partial charge in [-0.15, -0.1) is 0 Å². The van der Waals surface area contributed by atoms with Crippen LogP contribution in [0.2, 0.25) is 0 Å². The Bertz CT molecular complexity index is 733. The van der Waals surface area contributed by atoms with Crippen molar-refractivity contribution in [3.63, 3.8) is 0 Å². The van der Waals surface area contributed by atoms with E-state index in [1.165, 1.54) is 27.8 Å². The van der Waals surface area contributed by atoms with Gasteiger partial charge in [-0.25, -0.2) is 0 Å². The molecule has 0 bridgehead atoms. The summed E-state index contributed by atoms with van der Waals surface area (Å²) in [6.07, 6.45) is 7.89. The molecule has 2 aromatic rings. The third-order valence-corrected chi connectivity index (χ3v) is 3.87. The van der Waals surface area contributed by atoms with Crippen molar-refractivity contribution in [2.24, 2.45) is 0 Å². The first-order valence-electron chi connectivity index (χ1n) is 8.40. The molecule has 0 saturated carbocycles. The summed E-state index contributed by atoms with van der Waals surface area (Å²) in [5.41, 5.74) is 6.61. The number of carboxylic acid groups (broad SMARTS) is 1. The van der Waals surface area contributed by atoms with Gasteiger partial charge in [0.2, 0.25) is 0 Å². The number of carbonyl (C=O) groups is 1. The van der Waals surface area contributed by atoms with Crippen molar-refractivity contribution in [1.82, 2.24) is 4.90 Å². The zero-order valence-electron chi connectivity index (χ0n) is 15.1. The Morgan fingerprint density at radius 3 is 1.84 bits per heavy atom. The number of nitrogens with zero attached hydrogens (tertiary/aromatic N) is 1. The maximum absolute atomic E-state index is 9.00. The summed E-state index contributed by atoms with van der Waals surface area (Å²) in [6.45, 7) is 2.15. The van der Waals surface area contributed by atoms with E-state index >= 15 is 0 Å². The molecule has 0 aliphatic heterocycles. The molecule has 0 fully saturated rings. The SMILES string of the molecule is CC(=O)O.CN(C)CCC=C1c2ccccc2C=Cc2ccccc21. The predicted octanol–water partition coefficient (Wildman–Crippen LogP) is 4.64. The Morgan fingerprint density at radius 2 is 1.40 bits per heavy atom. The number of hydrogen-bond acceptors (Lipinski definition) is 2. The number of hydrogen-bond donors (Lipinski definition) is 1. The first kappa shape index (κ1) is 18.7. The molecular weight excluding hydrogens is 310 g/mol. The maximum atomic E-state index is 9.00. The molecule has 0 aromatic heterocycles. The van der Waals surface area contributed by atoms with Crippen LogP contribution in [0.1, 0.15) is 35.6 Å². The van der Waals surface area contributed by atoms with Crippen molar-refractivity contribution in [2.75, 3.05) is 20.6 Å². The number of benzene rings is 2. The summed E-state index contributed by atoms with van der Waals surface area (Å²) in [5.74, 6) is -0.833. The Morgan fingerprint density at radius 1 is 0.960 bits per heavy atom. The fourth-order valence-corrected chi connectivity index (χ4v) is 2.79. The van der Waals surface area contributed by atoms with Gasteiger partial charge in [0, 0.05) is 13.5 Å². The normalized spacial score (nSPS) is 11.8. The smallest absolute Gasteiger partial charge is 0.300 e. The molecule has 0 saturated heterocycles. The average Bonchev–Trinajstić information content (AvgIpc) is 2.72. The van der Waals surface area contributed by atoms with Crippen LogP contribution in [-0.2, 0) is 4.79 Å². The summed E-state index contributed by atoms with van der Waals surface area (Å²) in [6, 6.07) is 17.3. The molecule has 1 aliphatic rings. The molecule has 25 heavy (non-hydrogen) atoms. The Hall–Kier alpha value is -2.65. The zero-order chi connectivity index (χ0) is 18.2. The maximum Gasteiger partial charge on any atom is 0.300 e. The van der Waals surface area contributed by atoms with E-state index in [9.17, 15) is 0 Å². The zero-order valence-corrected chi connectivity index (χ0v) is 15.1. The lowest BCUT2D eigenvalue weighted by molar-refractivity contribution is -0.134. The second-order valence-corrected chi connectivity index (χ2v) is 6.24. The van der Waals surface area contributed by atoms with E-state index in [-0.39, 0.29) is 0 Å². The van der Waals surface area contributed by atoms with Crippen LogP contribution < -0.4 is 0 Å². The lowest BCUT2D eigenvalue weighted by Crippen LogP contribution is -2.12.